The maximum absolute atomic E-state index is 11.9. The number of carbonyl (C=O) groups excluding carboxylic acids is 2. The summed E-state index contributed by atoms with van der Waals surface area (Å²) in [4.78, 5) is 27.6. The van der Waals surface area contributed by atoms with Crippen LogP contribution in [0.15, 0.2) is 48.7 Å². The summed E-state index contributed by atoms with van der Waals surface area (Å²) in [5.74, 6) is 0.0387. The molecule has 0 atom stereocenters. The molecule has 0 saturated heterocycles. The molecule has 6 nitrogen and oxygen atoms in total. The van der Waals surface area contributed by atoms with Crippen molar-refractivity contribution in [3.8, 4) is 5.88 Å². The van der Waals surface area contributed by atoms with Gasteiger partial charge in [0.1, 0.15) is 0 Å². The minimum Gasteiger partial charge on any atom is -0.481 e. The summed E-state index contributed by atoms with van der Waals surface area (Å²) in [6, 6.07) is 12.2. The molecule has 1 heterocycles. The molecule has 114 valence electrons. The van der Waals surface area contributed by atoms with Gasteiger partial charge in [-0.05, 0) is 18.2 Å². The Morgan fingerprint density at radius 1 is 0.955 bits per heavy atom. The van der Waals surface area contributed by atoms with E-state index in [9.17, 15) is 9.59 Å². The standard InChI is InChI=1S/C16H17N3O3/c1-22-14-8-7-13(11-19-14)16(21)18-10-9-17-15(20)12-5-3-2-4-6-12/h2-8,11H,9-10H2,1H3,(H,17,20)(H,18,21). The van der Waals surface area contributed by atoms with E-state index < -0.39 is 0 Å². The zero-order valence-electron chi connectivity index (χ0n) is 12.2. The Kier molecular flexibility index (Phi) is 5.48. The van der Waals surface area contributed by atoms with Gasteiger partial charge in [0, 0.05) is 30.9 Å². The Labute approximate surface area is 128 Å². The number of pyridine rings is 1. The molecule has 2 amide bonds. The van der Waals surface area contributed by atoms with E-state index >= 15 is 0 Å². The number of nitrogens with zero attached hydrogens (tertiary/aromatic N) is 1. The number of hydrogen-bond acceptors (Lipinski definition) is 4. The number of benzene rings is 1. The lowest BCUT2D eigenvalue weighted by molar-refractivity contribution is 0.0927. The van der Waals surface area contributed by atoms with Crippen molar-refractivity contribution in [3.05, 3.63) is 59.8 Å². The zero-order valence-corrected chi connectivity index (χ0v) is 12.2. The van der Waals surface area contributed by atoms with Crippen molar-refractivity contribution in [1.29, 1.82) is 0 Å². The fraction of sp³-hybridized carbons (Fsp3) is 0.188. The first-order valence-corrected chi connectivity index (χ1v) is 6.82. The Bertz CT molecular complexity index is 627. The van der Waals surface area contributed by atoms with Crippen LogP contribution in [0.5, 0.6) is 5.88 Å². The third-order valence-electron chi connectivity index (χ3n) is 2.94. The van der Waals surface area contributed by atoms with Crippen LogP contribution in [-0.4, -0.2) is 37.0 Å². The van der Waals surface area contributed by atoms with Gasteiger partial charge in [-0.3, -0.25) is 9.59 Å². The molecule has 2 aromatic rings. The third-order valence-corrected chi connectivity index (χ3v) is 2.94. The van der Waals surface area contributed by atoms with Crippen LogP contribution in [0.4, 0.5) is 0 Å². The predicted molar refractivity (Wildman–Crippen MR) is 81.9 cm³/mol. The Morgan fingerprint density at radius 2 is 1.59 bits per heavy atom. The Morgan fingerprint density at radius 3 is 2.14 bits per heavy atom. The van der Waals surface area contributed by atoms with E-state index in [2.05, 4.69) is 15.6 Å². The van der Waals surface area contributed by atoms with Crippen molar-refractivity contribution in [1.82, 2.24) is 15.6 Å². The summed E-state index contributed by atoms with van der Waals surface area (Å²) in [7, 11) is 1.51. The van der Waals surface area contributed by atoms with Crippen LogP contribution >= 0.6 is 0 Å². The Balaban J connectivity index is 1.74. The summed E-state index contributed by atoms with van der Waals surface area (Å²) in [6.45, 7) is 0.687. The van der Waals surface area contributed by atoms with Crippen molar-refractivity contribution in [2.45, 2.75) is 0 Å². The molecule has 0 aliphatic heterocycles. The average molecular weight is 299 g/mol. The maximum Gasteiger partial charge on any atom is 0.252 e. The first kappa shape index (κ1) is 15.5. The van der Waals surface area contributed by atoms with Crippen molar-refractivity contribution in [2.75, 3.05) is 20.2 Å². The van der Waals surface area contributed by atoms with Crippen LogP contribution in [0, 0.1) is 0 Å². The second-order valence-electron chi connectivity index (χ2n) is 4.47. The van der Waals surface area contributed by atoms with Crippen LogP contribution in [0.2, 0.25) is 0 Å². The fourth-order valence-corrected chi connectivity index (χ4v) is 1.78. The van der Waals surface area contributed by atoms with E-state index in [1.807, 2.05) is 6.07 Å². The SMILES string of the molecule is COc1ccc(C(=O)NCCNC(=O)c2ccccc2)cn1. The molecule has 0 fully saturated rings. The van der Waals surface area contributed by atoms with Gasteiger partial charge in [0.2, 0.25) is 5.88 Å². The van der Waals surface area contributed by atoms with Crippen LogP contribution in [0.25, 0.3) is 0 Å². The monoisotopic (exact) mass is 299 g/mol. The first-order chi connectivity index (χ1) is 10.7. The van der Waals surface area contributed by atoms with Crippen LogP contribution < -0.4 is 15.4 Å². The number of nitrogens with one attached hydrogen (secondary N) is 2. The molecule has 0 radical (unpaired) electrons. The van der Waals surface area contributed by atoms with Gasteiger partial charge in [0.05, 0.1) is 12.7 Å². The minimum atomic E-state index is -0.246. The highest BCUT2D eigenvalue weighted by Crippen LogP contribution is 2.06. The highest BCUT2D eigenvalue weighted by atomic mass is 16.5. The summed E-state index contributed by atoms with van der Waals surface area (Å²) in [6.07, 6.45) is 1.44. The van der Waals surface area contributed by atoms with Gasteiger partial charge in [-0.1, -0.05) is 18.2 Å². The van der Waals surface area contributed by atoms with Gasteiger partial charge in [0.25, 0.3) is 11.8 Å². The van der Waals surface area contributed by atoms with Crippen molar-refractivity contribution >= 4 is 11.8 Å². The van der Waals surface area contributed by atoms with Gasteiger partial charge in [0.15, 0.2) is 0 Å². The molecule has 0 saturated carbocycles. The Hall–Kier alpha value is -2.89. The molecule has 0 bridgehead atoms. The quantitative estimate of drug-likeness (QED) is 0.787. The second kappa shape index (κ2) is 7.78. The number of ether oxygens (including phenoxy) is 1. The summed E-state index contributed by atoms with van der Waals surface area (Å²) < 4.78 is 4.93. The predicted octanol–water partition coefficient (Wildman–Crippen LogP) is 1.25. The molecule has 0 aliphatic carbocycles. The maximum atomic E-state index is 11.9. The highest BCUT2D eigenvalue weighted by molar-refractivity contribution is 5.95. The van der Waals surface area contributed by atoms with E-state index in [0.717, 1.165) is 0 Å². The lowest BCUT2D eigenvalue weighted by Gasteiger charge is -2.07. The van der Waals surface area contributed by atoms with Gasteiger partial charge in [-0.25, -0.2) is 4.98 Å². The van der Waals surface area contributed by atoms with Crippen molar-refractivity contribution in [3.63, 3.8) is 0 Å². The van der Waals surface area contributed by atoms with E-state index in [4.69, 9.17) is 4.74 Å². The topological polar surface area (TPSA) is 80.3 Å². The molecule has 22 heavy (non-hydrogen) atoms. The molecular formula is C16H17N3O3. The molecule has 2 rings (SSSR count). The normalized spacial score (nSPS) is 9.86. The number of methoxy groups -OCH3 is 1. The van der Waals surface area contributed by atoms with E-state index in [-0.39, 0.29) is 11.8 Å². The van der Waals surface area contributed by atoms with E-state index in [1.54, 1.807) is 36.4 Å². The molecular weight excluding hydrogens is 282 g/mol. The summed E-state index contributed by atoms with van der Waals surface area (Å²) >= 11 is 0. The van der Waals surface area contributed by atoms with Crippen LogP contribution in [0.1, 0.15) is 20.7 Å². The number of carbonyl (C=O) groups is 2. The van der Waals surface area contributed by atoms with Crippen LogP contribution in [-0.2, 0) is 0 Å². The van der Waals surface area contributed by atoms with Crippen molar-refractivity contribution < 1.29 is 14.3 Å². The molecule has 2 N–H and O–H groups in total. The molecule has 0 spiro atoms. The molecule has 0 aliphatic rings. The highest BCUT2D eigenvalue weighted by Gasteiger charge is 2.07. The third kappa shape index (κ3) is 4.31. The summed E-state index contributed by atoms with van der Waals surface area (Å²) in [5, 5.41) is 5.44. The van der Waals surface area contributed by atoms with Gasteiger partial charge < -0.3 is 15.4 Å². The second-order valence-corrected chi connectivity index (χ2v) is 4.47. The molecule has 1 aromatic heterocycles. The minimum absolute atomic E-state index is 0.166. The lowest BCUT2D eigenvalue weighted by atomic mass is 10.2. The fourth-order valence-electron chi connectivity index (χ4n) is 1.78. The smallest absolute Gasteiger partial charge is 0.252 e. The molecule has 0 unspecified atom stereocenters. The number of rotatable bonds is 6. The van der Waals surface area contributed by atoms with Crippen molar-refractivity contribution in [2.24, 2.45) is 0 Å². The van der Waals surface area contributed by atoms with Gasteiger partial charge in [-0.15, -0.1) is 0 Å². The number of amides is 2. The number of hydrogen-bond donors (Lipinski definition) is 2. The van der Waals surface area contributed by atoms with Gasteiger partial charge in [-0.2, -0.15) is 0 Å². The molecule has 6 heteroatoms. The largest absolute Gasteiger partial charge is 0.481 e. The zero-order chi connectivity index (χ0) is 15.8. The van der Waals surface area contributed by atoms with E-state index in [1.165, 1.54) is 13.3 Å². The van der Waals surface area contributed by atoms with E-state index in [0.29, 0.717) is 30.1 Å². The number of aromatic nitrogens is 1. The molecule has 1 aromatic carbocycles. The van der Waals surface area contributed by atoms with Crippen LogP contribution in [0.3, 0.4) is 0 Å². The lowest BCUT2D eigenvalue weighted by Crippen LogP contribution is -2.34. The van der Waals surface area contributed by atoms with Gasteiger partial charge >= 0.3 is 0 Å². The average Bonchev–Trinajstić information content (AvgIpc) is 2.59. The first-order valence-electron chi connectivity index (χ1n) is 6.82. The summed E-state index contributed by atoms with van der Waals surface area (Å²) in [5.41, 5.74) is 1.03.